The molecule has 0 N–H and O–H groups in total. The molecule has 0 aliphatic rings. The second-order valence-corrected chi connectivity index (χ2v) is 3.53. The molecule has 0 fully saturated rings. The summed E-state index contributed by atoms with van der Waals surface area (Å²) in [4.78, 5) is 5.04. The van der Waals surface area contributed by atoms with Crippen LogP contribution in [-0.4, -0.2) is 4.98 Å². The van der Waals surface area contributed by atoms with Crippen molar-refractivity contribution in [1.29, 1.82) is 0 Å². The van der Waals surface area contributed by atoms with Gasteiger partial charge in [0.2, 0.25) is 0 Å². The van der Waals surface area contributed by atoms with Crippen molar-refractivity contribution in [2.75, 3.05) is 0 Å². The quantitative estimate of drug-likeness (QED) is 0.522. The zero-order chi connectivity index (χ0) is 10.5. The van der Waals surface area contributed by atoms with Gasteiger partial charge in [0.15, 0.2) is 0 Å². The number of thiol groups is 1. The Labute approximate surface area is 94.6 Å². The van der Waals surface area contributed by atoms with E-state index in [1.165, 1.54) is 0 Å². The van der Waals surface area contributed by atoms with Crippen molar-refractivity contribution < 1.29 is 0 Å². The molecule has 1 aromatic heterocycles. The average molecular weight is 211 g/mol. The molecule has 0 amide bonds. The third-order valence-electron chi connectivity index (χ3n) is 1.85. The molecule has 2 heteroatoms. The Hall–Kier alpha value is -1.72. The lowest BCUT2D eigenvalue weighted by Gasteiger charge is -1.91. The summed E-state index contributed by atoms with van der Waals surface area (Å²) in [6, 6.07) is 13.4. The zero-order valence-electron chi connectivity index (χ0n) is 8.01. The smallest absolute Gasteiger partial charge is 0.113 e. The zero-order valence-corrected chi connectivity index (χ0v) is 8.91. The molecule has 0 bridgehead atoms. The predicted molar refractivity (Wildman–Crippen MR) is 63.9 cm³/mol. The van der Waals surface area contributed by atoms with Crippen LogP contribution in [0.1, 0.15) is 11.3 Å². The molecule has 2 aromatic rings. The third kappa shape index (κ3) is 2.87. The Morgan fingerprint density at radius 1 is 1.00 bits per heavy atom. The van der Waals surface area contributed by atoms with E-state index in [0.29, 0.717) is 0 Å². The molecule has 0 atom stereocenters. The van der Waals surface area contributed by atoms with Gasteiger partial charge in [0.25, 0.3) is 0 Å². The first-order valence-corrected chi connectivity index (χ1v) is 5.01. The van der Waals surface area contributed by atoms with Crippen LogP contribution >= 0.6 is 12.6 Å². The highest BCUT2D eigenvalue weighted by Crippen LogP contribution is 2.07. The van der Waals surface area contributed by atoms with Gasteiger partial charge in [0, 0.05) is 16.7 Å². The lowest BCUT2D eigenvalue weighted by Crippen LogP contribution is -1.79. The minimum absolute atomic E-state index is 0.780. The second-order valence-electron chi connectivity index (χ2n) is 3.02. The largest absolute Gasteiger partial charge is 0.248 e. The maximum absolute atomic E-state index is 4.25. The highest BCUT2D eigenvalue weighted by molar-refractivity contribution is 7.80. The fourth-order valence-corrected chi connectivity index (χ4v) is 1.38. The van der Waals surface area contributed by atoms with Crippen LogP contribution in [0.4, 0.5) is 0 Å². The molecule has 72 valence electrons. The van der Waals surface area contributed by atoms with E-state index in [2.05, 4.69) is 29.5 Å². The number of aromatic nitrogens is 1. The van der Waals surface area contributed by atoms with Crippen LogP contribution in [0, 0.1) is 11.8 Å². The number of hydrogen-bond donors (Lipinski definition) is 1. The van der Waals surface area contributed by atoms with E-state index in [1.54, 1.807) is 6.20 Å². The molecule has 0 aliphatic heterocycles. The van der Waals surface area contributed by atoms with Crippen molar-refractivity contribution in [3.05, 3.63) is 59.9 Å². The molecule has 0 aliphatic carbocycles. The maximum atomic E-state index is 4.25. The monoisotopic (exact) mass is 211 g/mol. The molecule has 0 radical (unpaired) electrons. The van der Waals surface area contributed by atoms with Crippen LogP contribution in [-0.2, 0) is 0 Å². The molecule has 2 rings (SSSR count). The minimum Gasteiger partial charge on any atom is -0.248 e. The Kier molecular flexibility index (Phi) is 3.06. The summed E-state index contributed by atoms with van der Waals surface area (Å²) in [7, 11) is 0. The standard InChI is InChI=1S/C13H9NS/c15-13-6-3-4-11(10-13)7-8-12-5-1-2-9-14-12/h1-6,9-10,15H. The van der Waals surface area contributed by atoms with E-state index < -0.39 is 0 Å². The number of pyridine rings is 1. The lowest BCUT2D eigenvalue weighted by molar-refractivity contribution is 1.29. The van der Waals surface area contributed by atoms with E-state index in [-0.39, 0.29) is 0 Å². The maximum Gasteiger partial charge on any atom is 0.113 e. The molecular weight excluding hydrogens is 202 g/mol. The van der Waals surface area contributed by atoms with Gasteiger partial charge in [-0.2, -0.15) is 0 Å². The summed E-state index contributed by atoms with van der Waals surface area (Å²) in [6.45, 7) is 0. The van der Waals surface area contributed by atoms with Crippen molar-refractivity contribution in [3.63, 3.8) is 0 Å². The van der Waals surface area contributed by atoms with Crippen molar-refractivity contribution in [1.82, 2.24) is 4.98 Å². The van der Waals surface area contributed by atoms with Gasteiger partial charge in [0.1, 0.15) is 5.69 Å². The first kappa shape index (κ1) is 9.82. The summed E-state index contributed by atoms with van der Waals surface area (Å²) in [5, 5.41) is 0. The fraction of sp³-hybridized carbons (Fsp3) is 0. The summed E-state index contributed by atoms with van der Waals surface area (Å²) >= 11 is 4.25. The number of hydrogen-bond acceptors (Lipinski definition) is 2. The van der Waals surface area contributed by atoms with Crippen molar-refractivity contribution in [3.8, 4) is 11.8 Å². The summed E-state index contributed by atoms with van der Waals surface area (Å²) in [5.41, 5.74) is 1.73. The predicted octanol–water partition coefficient (Wildman–Crippen LogP) is 2.77. The van der Waals surface area contributed by atoms with Gasteiger partial charge in [-0.1, -0.05) is 18.1 Å². The normalized spacial score (nSPS) is 9.13. The molecule has 0 saturated carbocycles. The van der Waals surface area contributed by atoms with E-state index in [9.17, 15) is 0 Å². The topological polar surface area (TPSA) is 12.9 Å². The van der Waals surface area contributed by atoms with Crippen LogP contribution in [0.2, 0.25) is 0 Å². The highest BCUT2D eigenvalue weighted by Gasteiger charge is 1.88. The van der Waals surface area contributed by atoms with Crippen LogP contribution in [0.5, 0.6) is 0 Å². The SMILES string of the molecule is Sc1cccc(C#Cc2ccccn2)c1. The van der Waals surface area contributed by atoms with Gasteiger partial charge in [-0.05, 0) is 36.3 Å². The molecule has 1 aromatic carbocycles. The van der Waals surface area contributed by atoms with Gasteiger partial charge in [-0.3, -0.25) is 0 Å². The summed E-state index contributed by atoms with van der Waals surface area (Å²) in [5.74, 6) is 6.03. The molecule has 0 saturated heterocycles. The van der Waals surface area contributed by atoms with Gasteiger partial charge >= 0.3 is 0 Å². The number of benzene rings is 1. The molecular formula is C13H9NS. The third-order valence-corrected chi connectivity index (χ3v) is 2.12. The van der Waals surface area contributed by atoms with E-state index in [1.807, 2.05) is 42.5 Å². The summed E-state index contributed by atoms with van der Waals surface area (Å²) < 4.78 is 0. The highest BCUT2D eigenvalue weighted by atomic mass is 32.1. The minimum atomic E-state index is 0.780. The van der Waals surface area contributed by atoms with Gasteiger partial charge < -0.3 is 0 Å². The molecule has 1 heterocycles. The molecule has 1 nitrogen and oxygen atoms in total. The van der Waals surface area contributed by atoms with Crippen molar-refractivity contribution in [2.24, 2.45) is 0 Å². The fourth-order valence-electron chi connectivity index (χ4n) is 1.16. The second kappa shape index (κ2) is 4.68. The molecule has 15 heavy (non-hydrogen) atoms. The van der Waals surface area contributed by atoms with E-state index >= 15 is 0 Å². The Balaban J connectivity index is 2.26. The van der Waals surface area contributed by atoms with E-state index in [4.69, 9.17) is 0 Å². The van der Waals surface area contributed by atoms with Crippen LogP contribution < -0.4 is 0 Å². The van der Waals surface area contributed by atoms with Crippen LogP contribution in [0.15, 0.2) is 53.6 Å². The number of nitrogens with zero attached hydrogens (tertiary/aromatic N) is 1. The first-order chi connectivity index (χ1) is 7.34. The average Bonchev–Trinajstić information content (AvgIpc) is 2.28. The van der Waals surface area contributed by atoms with Crippen LogP contribution in [0.3, 0.4) is 0 Å². The van der Waals surface area contributed by atoms with Gasteiger partial charge in [-0.25, -0.2) is 4.98 Å². The Bertz CT molecular complexity index is 509. The first-order valence-electron chi connectivity index (χ1n) is 4.57. The Morgan fingerprint density at radius 2 is 1.93 bits per heavy atom. The number of rotatable bonds is 0. The summed E-state index contributed by atoms with van der Waals surface area (Å²) in [6.07, 6.45) is 1.74. The van der Waals surface area contributed by atoms with Gasteiger partial charge in [-0.15, -0.1) is 12.6 Å². The van der Waals surface area contributed by atoms with Crippen LogP contribution in [0.25, 0.3) is 0 Å². The van der Waals surface area contributed by atoms with Gasteiger partial charge in [0.05, 0.1) is 0 Å². The van der Waals surface area contributed by atoms with Crippen molar-refractivity contribution >= 4 is 12.6 Å². The molecule has 0 spiro atoms. The molecule has 0 unspecified atom stereocenters. The Morgan fingerprint density at radius 3 is 2.67 bits per heavy atom. The van der Waals surface area contributed by atoms with Crippen molar-refractivity contribution in [2.45, 2.75) is 4.90 Å². The lowest BCUT2D eigenvalue weighted by atomic mass is 10.2. The van der Waals surface area contributed by atoms with E-state index in [0.717, 1.165) is 16.2 Å².